The molecule has 1 atom stereocenters. The van der Waals surface area contributed by atoms with Gasteiger partial charge in [-0.1, -0.05) is 103 Å². The van der Waals surface area contributed by atoms with Crippen molar-refractivity contribution in [3.05, 3.63) is 108 Å². The summed E-state index contributed by atoms with van der Waals surface area (Å²) in [5.41, 5.74) is 3.80. The van der Waals surface area contributed by atoms with Crippen molar-refractivity contribution in [3.63, 3.8) is 0 Å². The zero-order valence-corrected chi connectivity index (χ0v) is 16.2. The van der Waals surface area contributed by atoms with Gasteiger partial charge < -0.3 is 10.1 Å². The van der Waals surface area contributed by atoms with Gasteiger partial charge in [0.05, 0.1) is 6.61 Å². The van der Waals surface area contributed by atoms with Crippen molar-refractivity contribution in [1.82, 2.24) is 5.32 Å². The molecule has 0 amide bonds. The summed E-state index contributed by atoms with van der Waals surface area (Å²) in [6, 6.07) is 31.6. The minimum absolute atomic E-state index is 0.309. The number of benzene rings is 3. The van der Waals surface area contributed by atoms with Gasteiger partial charge in [-0.3, -0.25) is 0 Å². The first-order valence-electron chi connectivity index (χ1n) is 9.79. The summed E-state index contributed by atoms with van der Waals surface area (Å²) in [4.78, 5) is 0. The Hall–Kier alpha value is -2.86. The molecule has 2 heteroatoms. The molecular formula is C26H27NO. The van der Waals surface area contributed by atoms with Crippen LogP contribution in [0.3, 0.4) is 0 Å². The topological polar surface area (TPSA) is 21.3 Å². The number of ether oxygens (including phenoxy) is 1. The van der Waals surface area contributed by atoms with E-state index in [1.165, 1.54) is 16.7 Å². The fraction of sp³-hybridized carbons (Fsp3) is 0.231. The van der Waals surface area contributed by atoms with Crippen LogP contribution in [0.2, 0.25) is 0 Å². The van der Waals surface area contributed by atoms with Gasteiger partial charge in [-0.15, -0.1) is 0 Å². The van der Waals surface area contributed by atoms with Gasteiger partial charge >= 0.3 is 0 Å². The van der Waals surface area contributed by atoms with E-state index >= 15 is 0 Å². The van der Waals surface area contributed by atoms with Gasteiger partial charge in [0.1, 0.15) is 6.61 Å². The third-order valence-corrected chi connectivity index (χ3v) is 4.52. The highest BCUT2D eigenvalue weighted by Gasteiger charge is 2.08. The lowest BCUT2D eigenvalue weighted by molar-refractivity contribution is 0.153. The van der Waals surface area contributed by atoms with E-state index in [-0.39, 0.29) is 0 Å². The molecule has 1 N–H and O–H groups in total. The summed E-state index contributed by atoms with van der Waals surface area (Å²) < 4.78 is 5.66. The molecule has 142 valence electrons. The first kappa shape index (κ1) is 19.9. The van der Waals surface area contributed by atoms with Crippen LogP contribution in [0.25, 0.3) is 0 Å². The summed E-state index contributed by atoms with van der Waals surface area (Å²) >= 11 is 0. The molecule has 3 rings (SSSR count). The van der Waals surface area contributed by atoms with Crippen LogP contribution in [0.4, 0.5) is 0 Å². The predicted octanol–water partition coefficient (Wildman–Crippen LogP) is 5.00. The molecular weight excluding hydrogens is 342 g/mol. The Morgan fingerprint density at radius 3 is 1.89 bits per heavy atom. The fourth-order valence-corrected chi connectivity index (χ4v) is 3.01. The highest BCUT2D eigenvalue weighted by atomic mass is 16.5. The second-order valence-corrected chi connectivity index (χ2v) is 6.79. The molecule has 3 aromatic rings. The lowest BCUT2D eigenvalue weighted by atomic mass is 10.0. The summed E-state index contributed by atoms with van der Waals surface area (Å²) in [7, 11) is 0. The maximum Gasteiger partial charge on any atom is 0.108 e. The molecule has 0 fully saturated rings. The van der Waals surface area contributed by atoms with Crippen molar-refractivity contribution in [2.75, 3.05) is 6.61 Å². The van der Waals surface area contributed by atoms with Crippen molar-refractivity contribution in [2.24, 2.45) is 0 Å². The zero-order chi connectivity index (χ0) is 19.3. The Morgan fingerprint density at radius 1 is 0.679 bits per heavy atom. The molecule has 0 bridgehead atoms. The Morgan fingerprint density at radius 2 is 1.25 bits per heavy atom. The van der Waals surface area contributed by atoms with E-state index in [4.69, 9.17) is 4.74 Å². The number of hydrogen-bond acceptors (Lipinski definition) is 2. The van der Waals surface area contributed by atoms with E-state index < -0.39 is 0 Å². The predicted molar refractivity (Wildman–Crippen MR) is 116 cm³/mol. The van der Waals surface area contributed by atoms with Crippen molar-refractivity contribution in [2.45, 2.75) is 32.0 Å². The summed E-state index contributed by atoms with van der Waals surface area (Å²) in [5.74, 6) is 6.45. The molecule has 28 heavy (non-hydrogen) atoms. The molecule has 0 spiro atoms. The third kappa shape index (κ3) is 7.40. The number of nitrogens with one attached hydrogen (secondary N) is 1. The average molecular weight is 370 g/mol. The second kappa shape index (κ2) is 11.8. The highest BCUT2D eigenvalue weighted by Crippen LogP contribution is 2.07. The standard InChI is InChI=1S/C26H27NO/c1-4-12-23(13-5-1)20-26(27-21-24-14-6-2-7-15-24)18-10-11-19-28-22-25-16-8-3-9-17-25/h1-9,12-17,26-27H,18-22H2/t26-/m0/s1. The van der Waals surface area contributed by atoms with Gasteiger partial charge in [-0.2, -0.15) is 0 Å². The SMILES string of the molecule is C(#CC[C@@H](Cc1ccccc1)NCc1ccccc1)COCc1ccccc1. The van der Waals surface area contributed by atoms with Crippen molar-refractivity contribution >= 4 is 0 Å². The minimum atomic E-state index is 0.309. The van der Waals surface area contributed by atoms with Gasteiger partial charge in [-0.25, -0.2) is 0 Å². The molecule has 0 aliphatic heterocycles. The largest absolute Gasteiger partial charge is 0.364 e. The lowest BCUT2D eigenvalue weighted by Gasteiger charge is -2.17. The van der Waals surface area contributed by atoms with Crippen LogP contribution in [0.5, 0.6) is 0 Å². The van der Waals surface area contributed by atoms with Gasteiger partial charge in [0.2, 0.25) is 0 Å². The summed E-state index contributed by atoms with van der Waals surface area (Å²) in [6.07, 6.45) is 1.77. The maximum absolute atomic E-state index is 5.66. The monoisotopic (exact) mass is 369 g/mol. The van der Waals surface area contributed by atoms with E-state index in [1.807, 2.05) is 24.3 Å². The molecule has 0 radical (unpaired) electrons. The normalized spacial score (nSPS) is 11.4. The second-order valence-electron chi connectivity index (χ2n) is 6.79. The van der Waals surface area contributed by atoms with Crippen LogP contribution in [-0.4, -0.2) is 12.6 Å². The molecule has 0 aromatic heterocycles. The quantitative estimate of drug-likeness (QED) is 0.423. The van der Waals surface area contributed by atoms with E-state index in [2.05, 4.69) is 83.9 Å². The maximum atomic E-state index is 5.66. The molecule has 3 aromatic carbocycles. The summed E-state index contributed by atoms with van der Waals surface area (Å²) in [5, 5.41) is 3.66. The van der Waals surface area contributed by atoms with E-state index in [0.717, 1.165) is 19.4 Å². The number of rotatable bonds is 9. The third-order valence-electron chi connectivity index (χ3n) is 4.52. The Kier molecular flexibility index (Phi) is 8.36. The Bertz CT molecular complexity index is 850. The fourth-order valence-electron chi connectivity index (χ4n) is 3.01. The Balaban J connectivity index is 1.48. The van der Waals surface area contributed by atoms with Gasteiger partial charge in [0, 0.05) is 19.0 Å². The lowest BCUT2D eigenvalue weighted by Crippen LogP contribution is -2.30. The molecule has 0 unspecified atom stereocenters. The van der Waals surface area contributed by atoms with Crippen LogP contribution in [0.15, 0.2) is 91.0 Å². The van der Waals surface area contributed by atoms with E-state index in [9.17, 15) is 0 Å². The van der Waals surface area contributed by atoms with Crippen molar-refractivity contribution < 1.29 is 4.74 Å². The molecule has 0 saturated heterocycles. The van der Waals surface area contributed by atoms with E-state index in [0.29, 0.717) is 19.3 Å². The molecule has 0 heterocycles. The molecule has 2 nitrogen and oxygen atoms in total. The van der Waals surface area contributed by atoms with Gasteiger partial charge in [0.15, 0.2) is 0 Å². The van der Waals surface area contributed by atoms with E-state index in [1.54, 1.807) is 0 Å². The van der Waals surface area contributed by atoms with Crippen LogP contribution < -0.4 is 5.32 Å². The van der Waals surface area contributed by atoms with Crippen LogP contribution >= 0.6 is 0 Å². The van der Waals surface area contributed by atoms with Crippen LogP contribution in [0, 0.1) is 11.8 Å². The molecule has 0 saturated carbocycles. The van der Waals surface area contributed by atoms with Gasteiger partial charge in [0.25, 0.3) is 0 Å². The van der Waals surface area contributed by atoms with Crippen molar-refractivity contribution in [3.8, 4) is 11.8 Å². The smallest absolute Gasteiger partial charge is 0.108 e. The van der Waals surface area contributed by atoms with Crippen LogP contribution in [-0.2, 0) is 24.3 Å². The zero-order valence-electron chi connectivity index (χ0n) is 16.2. The number of hydrogen-bond donors (Lipinski definition) is 1. The first-order chi connectivity index (χ1) is 13.9. The van der Waals surface area contributed by atoms with Crippen LogP contribution in [0.1, 0.15) is 23.1 Å². The highest BCUT2D eigenvalue weighted by molar-refractivity contribution is 5.18. The minimum Gasteiger partial charge on any atom is -0.364 e. The van der Waals surface area contributed by atoms with Crippen molar-refractivity contribution in [1.29, 1.82) is 0 Å². The molecule has 0 aliphatic rings. The Labute approximate surface area is 168 Å². The molecule has 0 aliphatic carbocycles. The first-order valence-corrected chi connectivity index (χ1v) is 9.79. The summed E-state index contributed by atoms with van der Waals surface area (Å²) in [6.45, 7) is 1.92. The van der Waals surface area contributed by atoms with Gasteiger partial charge in [-0.05, 0) is 23.1 Å². The average Bonchev–Trinajstić information content (AvgIpc) is 2.76.